The molecule has 3 amide bonds. The number of nitrogens with zero attached hydrogens (tertiary/aromatic N) is 5. The number of carbonyl (C=O) groups excluding carboxylic acids is 2. The van der Waals surface area contributed by atoms with Crippen LogP contribution in [0.3, 0.4) is 0 Å². The summed E-state index contributed by atoms with van der Waals surface area (Å²) in [5, 5.41) is -0.209. The molecule has 0 aliphatic carbocycles. The highest BCUT2D eigenvalue weighted by atomic mass is 35.5. The van der Waals surface area contributed by atoms with Gasteiger partial charge in [-0.25, -0.2) is 28.0 Å². The topological polar surface area (TPSA) is 131 Å². The van der Waals surface area contributed by atoms with Crippen LogP contribution in [-0.2, 0) is 21.1 Å². The number of fused-ring (bicyclic) bond motifs is 1. The van der Waals surface area contributed by atoms with E-state index in [1.165, 1.54) is 36.3 Å². The minimum absolute atomic E-state index is 0.0405. The zero-order chi connectivity index (χ0) is 29.6. The van der Waals surface area contributed by atoms with Gasteiger partial charge in [0.2, 0.25) is 15.0 Å². The van der Waals surface area contributed by atoms with Gasteiger partial charge < -0.3 is 19.1 Å². The van der Waals surface area contributed by atoms with Gasteiger partial charge in [0.05, 0.1) is 26.5 Å². The zero-order valence-corrected chi connectivity index (χ0v) is 25.4. The molecule has 0 radical (unpaired) electrons. The van der Waals surface area contributed by atoms with Crippen molar-refractivity contribution in [1.29, 1.82) is 0 Å². The quantitative estimate of drug-likeness (QED) is 0.444. The largest absolute Gasteiger partial charge is 0.495 e. The van der Waals surface area contributed by atoms with E-state index >= 15 is 0 Å². The van der Waals surface area contributed by atoms with Crippen molar-refractivity contribution in [1.82, 2.24) is 14.9 Å². The summed E-state index contributed by atoms with van der Waals surface area (Å²) in [4.78, 5) is 39.5. The van der Waals surface area contributed by atoms with E-state index in [0.29, 0.717) is 31.5 Å². The van der Waals surface area contributed by atoms with E-state index in [1.54, 1.807) is 25.7 Å². The molecule has 0 unspecified atom stereocenters. The van der Waals surface area contributed by atoms with Crippen molar-refractivity contribution in [2.75, 3.05) is 43.4 Å². The summed E-state index contributed by atoms with van der Waals surface area (Å²) in [6, 6.07) is 0.558. The van der Waals surface area contributed by atoms with Crippen molar-refractivity contribution < 1.29 is 32.2 Å². The minimum Gasteiger partial charge on any atom is -0.495 e. The van der Waals surface area contributed by atoms with Gasteiger partial charge in [0.1, 0.15) is 33.0 Å². The van der Waals surface area contributed by atoms with E-state index < -0.39 is 38.8 Å². The van der Waals surface area contributed by atoms with Crippen molar-refractivity contribution in [3.63, 3.8) is 0 Å². The van der Waals surface area contributed by atoms with Crippen LogP contribution in [-0.4, -0.2) is 80.6 Å². The van der Waals surface area contributed by atoms with E-state index in [9.17, 15) is 18.0 Å². The first kappa shape index (κ1) is 29.9. The number of ether oxygens (including phenoxy) is 3. The average Bonchev–Trinajstić information content (AvgIpc) is 2.87. The SMILES string of the molecule is COc1cc(OC)c(Cl)c(N2Cc3cnc(S(C)(=O)=O)nc3N(C3CCN(C(=O)OC(C)(C)C)CC3)C2=O)c1Cl. The van der Waals surface area contributed by atoms with Crippen LogP contribution >= 0.6 is 23.2 Å². The molecule has 218 valence electrons. The fourth-order valence-corrected chi connectivity index (χ4v) is 5.79. The van der Waals surface area contributed by atoms with Crippen LogP contribution < -0.4 is 19.3 Å². The number of likely N-dealkylation sites (tertiary alicyclic amines) is 1. The Morgan fingerprint density at radius 1 is 1.07 bits per heavy atom. The molecule has 2 aliphatic rings. The van der Waals surface area contributed by atoms with Crippen molar-refractivity contribution in [2.24, 2.45) is 0 Å². The maximum atomic E-state index is 14.2. The highest BCUT2D eigenvalue weighted by Crippen LogP contribution is 2.48. The Labute approximate surface area is 243 Å². The number of methoxy groups -OCH3 is 2. The van der Waals surface area contributed by atoms with Crippen LogP contribution in [0.25, 0.3) is 0 Å². The number of rotatable bonds is 5. The Hall–Kier alpha value is -3.03. The lowest BCUT2D eigenvalue weighted by atomic mass is 10.0. The molecule has 4 rings (SSSR count). The molecule has 0 bridgehead atoms. The number of hydrogen-bond donors (Lipinski definition) is 0. The highest BCUT2D eigenvalue weighted by molar-refractivity contribution is 7.90. The standard InChI is InChI=1S/C25H31Cl2N5O7S/c1-25(2,3)39-24(34)30-9-7-15(8-10-30)32-21-14(12-28-22(29-21)40(6,35)36)13-31(23(32)33)20-18(26)16(37-4)11-17(38-5)19(20)27/h11-12,15H,7-10,13H2,1-6H3. The van der Waals surface area contributed by atoms with E-state index in [1.807, 2.05) is 0 Å². The molecule has 2 aliphatic heterocycles. The Kier molecular flexibility index (Phi) is 8.30. The second kappa shape index (κ2) is 11.1. The predicted molar refractivity (Wildman–Crippen MR) is 150 cm³/mol. The molecular formula is C25H31Cl2N5O7S. The van der Waals surface area contributed by atoms with Crippen molar-refractivity contribution in [3.05, 3.63) is 27.9 Å². The van der Waals surface area contributed by atoms with Gasteiger partial charge in [-0.15, -0.1) is 0 Å². The molecule has 1 aromatic carbocycles. The summed E-state index contributed by atoms with van der Waals surface area (Å²) in [5.74, 6) is 0.671. The fraction of sp³-hybridized carbons (Fsp3) is 0.520. The van der Waals surface area contributed by atoms with Gasteiger partial charge in [0.15, 0.2) is 0 Å². The van der Waals surface area contributed by atoms with Gasteiger partial charge in [-0.05, 0) is 33.6 Å². The smallest absolute Gasteiger partial charge is 0.410 e. The molecule has 2 aromatic rings. The lowest BCUT2D eigenvalue weighted by Crippen LogP contribution is -2.56. The van der Waals surface area contributed by atoms with Crippen molar-refractivity contribution >= 4 is 56.7 Å². The fourth-order valence-electron chi connectivity index (χ4n) is 4.59. The number of benzene rings is 1. The van der Waals surface area contributed by atoms with Gasteiger partial charge in [0.25, 0.3) is 0 Å². The third kappa shape index (κ3) is 5.86. The van der Waals surface area contributed by atoms with E-state index in [-0.39, 0.29) is 39.6 Å². The maximum absolute atomic E-state index is 14.2. The highest BCUT2D eigenvalue weighted by Gasteiger charge is 2.42. The molecule has 12 nitrogen and oxygen atoms in total. The summed E-state index contributed by atoms with van der Waals surface area (Å²) in [6.07, 6.45) is 2.71. The number of halogens is 2. The van der Waals surface area contributed by atoms with Crippen molar-refractivity contribution in [2.45, 2.75) is 57.0 Å². The average molecular weight is 617 g/mol. The number of anilines is 2. The lowest BCUT2D eigenvalue weighted by molar-refractivity contribution is 0.0206. The molecule has 40 heavy (non-hydrogen) atoms. The number of hydrogen-bond acceptors (Lipinski definition) is 9. The molecule has 1 fully saturated rings. The molecule has 0 atom stereocenters. The van der Waals surface area contributed by atoms with Gasteiger partial charge in [-0.1, -0.05) is 23.2 Å². The third-order valence-corrected chi connectivity index (χ3v) is 8.04. The van der Waals surface area contributed by atoms with Crippen LogP contribution in [0.5, 0.6) is 11.5 Å². The normalized spacial score (nSPS) is 16.6. The number of amides is 3. The molecule has 1 aromatic heterocycles. The Balaban J connectivity index is 1.77. The number of aromatic nitrogens is 2. The van der Waals surface area contributed by atoms with Gasteiger partial charge in [0, 0.05) is 43.2 Å². The molecule has 15 heteroatoms. The number of carbonyl (C=O) groups is 2. The van der Waals surface area contributed by atoms with E-state index in [2.05, 4.69) is 9.97 Å². The van der Waals surface area contributed by atoms with Gasteiger partial charge in [-0.2, -0.15) is 0 Å². The zero-order valence-electron chi connectivity index (χ0n) is 23.0. The van der Waals surface area contributed by atoms with Gasteiger partial charge in [-0.3, -0.25) is 9.80 Å². The van der Waals surface area contributed by atoms with Crippen LogP contribution in [0.2, 0.25) is 10.0 Å². The summed E-state index contributed by atoms with van der Waals surface area (Å²) in [6.45, 7) is 5.96. The summed E-state index contributed by atoms with van der Waals surface area (Å²) >= 11 is 13.3. The Morgan fingerprint density at radius 3 is 2.15 bits per heavy atom. The molecule has 3 heterocycles. The monoisotopic (exact) mass is 615 g/mol. The van der Waals surface area contributed by atoms with E-state index in [4.69, 9.17) is 37.4 Å². The second-order valence-electron chi connectivity index (χ2n) is 10.5. The summed E-state index contributed by atoms with van der Waals surface area (Å²) < 4.78 is 40.8. The summed E-state index contributed by atoms with van der Waals surface area (Å²) in [5.41, 5.74) is -0.0000398. The maximum Gasteiger partial charge on any atom is 0.410 e. The number of urea groups is 1. The van der Waals surface area contributed by atoms with Crippen LogP contribution in [0.15, 0.2) is 17.4 Å². The Morgan fingerprint density at radius 2 is 1.65 bits per heavy atom. The van der Waals surface area contributed by atoms with Gasteiger partial charge >= 0.3 is 12.1 Å². The molecule has 0 N–H and O–H groups in total. The van der Waals surface area contributed by atoms with Crippen molar-refractivity contribution in [3.8, 4) is 11.5 Å². The van der Waals surface area contributed by atoms with Crippen LogP contribution in [0.1, 0.15) is 39.2 Å². The lowest BCUT2D eigenvalue weighted by Gasteiger charge is -2.43. The molecule has 0 spiro atoms. The van der Waals surface area contributed by atoms with Crippen LogP contribution in [0.4, 0.5) is 21.1 Å². The third-order valence-electron chi connectivity index (χ3n) is 6.45. The van der Waals surface area contributed by atoms with E-state index in [0.717, 1.165) is 6.26 Å². The first-order valence-electron chi connectivity index (χ1n) is 12.4. The molecule has 1 saturated heterocycles. The van der Waals surface area contributed by atoms with Crippen LogP contribution in [0, 0.1) is 0 Å². The first-order chi connectivity index (χ1) is 18.7. The number of piperidine rings is 1. The predicted octanol–water partition coefficient (Wildman–Crippen LogP) is 4.55. The minimum atomic E-state index is -3.76. The molecule has 0 saturated carbocycles. The second-order valence-corrected chi connectivity index (χ2v) is 13.1. The molecular weight excluding hydrogens is 585 g/mol. The first-order valence-corrected chi connectivity index (χ1v) is 15.1. The Bertz CT molecular complexity index is 1410. The summed E-state index contributed by atoms with van der Waals surface area (Å²) in [7, 11) is -0.906. The number of sulfone groups is 1.